The molecule has 0 bridgehead atoms. The lowest BCUT2D eigenvalue weighted by Crippen LogP contribution is -2.35. The zero-order valence-corrected chi connectivity index (χ0v) is 11.2. The summed E-state index contributed by atoms with van der Waals surface area (Å²) in [7, 11) is 0. The zero-order valence-electron chi connectivity index (χ0n) is 10.4. The van der Waals surface area contributed by atoms with Crippen LogP contribution in [-0.4, -0.2) is 22.6 Å². The van der Waals surface area contributed by atoms with E-state index in [2.05, 4.69) is 0 Å². The summed E-state index contributed by atoms with van der Waals surface area (Å²) >= 11 is 5.77. The predicted octanol–water partition coefficient (Wildman–Crippen LogP) is 3.62. The topological polar surface area (TPSA) is 29.5 Å². The molecule has 1 amide bonds. The SMILES string of the molecule is CC(C)(C)OC(=O)N(CCl)Cc1ccccc1. The van der Waals surface area contributed by atoms with Crippen LogP contribution in [0, 0.1) is 0 Å². The van der Waals surface area contributed by atoms with Crippen LogP contribution in [0.1, 0.15) is 26.3 Å². The van der Waals surface area contributed by atoms with Gasteiger partial charge in [-0.3, -0.25) is 4.90 Å². The Morgan fingerprint density at radius 3 is 2.35 bits per heavy atom. The number of rotatable bonds is 3. The van der Waals surface area contributed by atoms with Crippen molar-refractivity contribution in [3.8, 4) is 0 Å². The second-order valence-electron chi connectivity index (χ2n) is 4.78. The first-order valence-corrected chi connectivity index (χ1v) is 6.03. The van der Waals surface area contributed by atoms with Gasteiger partial charge >= 0.3 is 6.09 Å². The first-order valence-electron chi connectivity index (χ1n) is 5.50. The Kier molecular flexibility index (Phi) is 4.82. The number of nitrogens with zero attached hydrogens (tertiary/aromatic N) is 1. The molecule has 0 fully saturated rings. The van der Waals surface area contributed by atoms with E-state index in [1.54, 1.807) is 0 Å². The van der Waals surface area contributed by atoms with Crippen LogP contribution < -0.4 is 0 Å². The van der Waals surface area contributed by atoms with Crippen LogP contribution in [0.3, 0.4) is 0 Å². The van der Waals surface area contributed by atoms with E-state index in [0.717, 1.165) is 5.56 Å². The van der Waals surface area contributed by atoms with Crippen LogP contribution in [0.15, 0.2) is 30.3 Å². The Morgan fingerprint density at radius 1 is 1.29 bits per heavy atom. The summed E-state index contributed by atoms with van der Waals surface area (Å²) in [6.07, 6.45) is -0.392. The number of halogens is 1. The summed E-state index contributed by atoms with van der Waals surface area (Å²) < 4.78 is 5.27. The summed E-state index contributed by atoms with van der Waals surface area (Å²) in [5.74, 6) is 0. The molecule has 0 aromatic heterocycles. The number of amides is 1. The Morgan fingerprint density at radius 2 is 1.88 bits per heavy atom. The molecule has 0 saturated heterocycles. The molecule has 1 rings (SSSR count). The molecule has 1 aromatic rings. The molecule has 0 atom stereocenters. The largest absolute Gasteiger partial charge is 0.444 e. The number of alkyl halides is 1. The van der Waals surface area contributed by atoms with Crippen LogP contribution in [0.5, 0.6) is 0 Å². The van der Waals surface area contributed by atoms with E-state index in [4.69, 9.17) is 16.3 Å². The first kappa shape index (κ1) is 13.8. The smallest absolute Gasteiger partial charge is 0.411 e. The second kappa shape index (κ2) is 5.92. The molecule has 0 aliphatic rings. The molecular weight excluding hydrogens is 238 g/mol. The Hall–Kier alpha value is -1.22. The molecule has 1 aromatic carbocycles. The third-order valence-corrected chi connectivity index (χ3v) is 2.30. The lowest BCUT2D eigenvalue weighted by atomic mass is 10.2. The standard InChI is InChI=1S/C13H18ClNO2/c1-13(2,3)17-12(16)15(10-14)9-11-7-5-4-6-8-11/h4-8H,9-10H2,1-3H3. The first-order chi connectivity index (χ1) is 7.92. The van der Waals surface area contributed by atoms with Gasteiger partial charge in [-0.15, -0.1) is 11.6 Å². The normalized spacial score (nSPS) is 11.1. The van der Waals surface area contributed by atoms with E-state index in [1.165, 1.54) is 4.90 Å². The zero-order chi connectivity index (χ0) is 12.9. The molecule has 0 spiro atoms. The lowest BCUT2D eigenvalue weighted by molar-refractivity contribution is 0.0270. The fourth-order valence-electron chi connectivity index (χ4n) is 1.29. The van der Waals surface area contributed by atoms with Gasteiger partial charge in [0, 0.05) is 0 Å². The van der Waals surface area contributed by atoms with Crippen LogP contribution in [0.2, 0.25) is 0 Å². The van der Waals surface area contributed by atoms with E-state index >= 15 is 0 Å². The highest BCUT2D eigenvalue weighted by Crippen LogP contribution is 2.13. The van der Waals surface area contributed by atoms with Crippen molar-refractivity contribution in [3.63, 3.8) is 0 Å². The van der Waals surface area contributed by atoms with Crippen molar-refractivity contribution in [3.05, 3.63) is 35.9 Å². The minimum absolute atomic E-state index is 0.115. The van der Waals surface area contributed by atoms with E-state index in [-0.39, 0.29) is 6.00 Å². The summed E-state index contributed by atoms with van der Waals surface area (Å²) in [6.45, 7) is 5.96. The number of carbonyl (C=O) groups is 1. The highest BCUT2D eigenvalue weighted by atomic mass is 35.5. The number of benzene rings is 1. The van der Waals surface area contributed by atoms with E-state index in [0.29, 0.717) is 6.54 Å². The Bertz CT molecular complexity index is 359. The van der Waals surface area contributed by atoms with Crippen molar-refractivity contribution >= 4 is 17.7 Å². The fourth-order valence-corrected chi connectivity index (χ4v) is 1.47. The van der Waals surface area contributed by atoms with Gasteiger partial charge in [-0.2, -0.15) is 0 Å². The maximum absolute atomic E-state index is 11.8. The van der Waals surface area contributed by atoms with Gasteiger partial charge in [0.15, 0.2) is 0 Å². The van der Waals surface area contributed by atoms with Gasteiger partial charge in [0.25, 0.3) is 0 Å². The second-order valence-corrected chi connectivity index (χ2v) is 5.02. The van der Waals surface area contributed by atoms with Gasteiger partial charge in [0.05, 0.1) is 12.5 Å². The molecule has 0 aliphatic heterocycles. The summed E-state index contributed by atoms with van der Waals surface area (Å²) in [5, 5.41) is 0. The van der Waals surface area contributed by atoms with Crippen molar-refractivity contribution in [2.75, 3.05) is 6.00 Å². The van der Waals surface area contributed by atoms with Gasteiger partial charge in [0.1, 0.15) is 5.60 Å². The molecule has 4 heteroatoms. The molecule has 3 nitrogen and oxygen atoms in total. The van der Waals surface area contributed by atoms with Crippen LogP contribution in [0.25, 0.3) is 0 Å². The lowest BCUT2D eigenvalue weighted by Gasteiger charge is -2.25. The van der Waals surface area contributed by atoms with Gasteiger partial charge in [-0.25, -0.2) is 4.79 Å². The minimum Gasteiger partial charge on any atom is -0.444 e. The van der Waals surface area contributed by atoms with Crippen molar-refractivity contribution < 1.29 is 9.53 Å². The Labute approximate surface area is 107 Å². The summed E-state index contributed by atoms with van der Waals surface area (Å²) in [4.78, 5) is 13.3. The van der Waals surface area contributed by atoms with Crippen molar-refractivity contribution in [1.82, 2.24) is 4.90 Å². The van der Waals surface area contributed by atoms with Gasteiger partial charge in [-0.1, -0.05) is 30.3 Å². The predicted molar refractivity (Wildman–Crippen MR) is 68.9 cm³/mol. The van der Waals surface area contributed by atoms with Crippen LogP contribution >= 0.6 is 11.6 Å². The maximum Gasteiger partial charge on any atom is 0.411 e. The van der Waals surface area contributed by atoms with E-state index in [9.17, 15) is 4.79 Å². The highest BCUT2D eigenvalue weighted by molar-refractivity contribution is 6.18. The number of hydrogen-bond donors (Lipinski definition) is 0. The summed E-state index contributed by atoms with van der Waals surface area (Å²) in [5.41, 5.74) is 0.525. The van der Waals surface area contributed by atoms with Crippen molar-refractivity contribution in [2.24, 2.45) is 0 Å². The van der Waals surface area contributed by atoms with E-state index < -0.39 is 11.7 Å². The van der Waals surface area contributed by atoms with Gasteiger partial charge in [-0.05, 0) is 26.3 Å². The van der Waals surface area contributed by atoms with Crippen LogP contribution in [0.4, 0.5) is 4.79 Å². The molecular formula is C13H18ClNO2. The molecule has 0 radical (unpaired) electrons. The molecule has 0 aliphatic carbocycles. The highest BCUT2D eigenvalue weighted by Gasteiger charge is 2.21. The molecule has 0 heterocycles. The van der Waals surface area contributed by atoms with Crippen LogP contribution in [-0.2, 0) is 11.3 Å². The summed E-state index contributed by atoms with van der Waals surface area (Å²) in [6, 6.07) is 9.80. The molecule has 17 heavy (non-hydrogen) atoms. The molecule has 0 saturated carbocycles. The average molecular weight is 256 g/mol. The molecule has 0 unspecified atom stereocenters. The number of ether oxygens (including phenoxy) is 1. The molecule has 94 valence electrons. The maximum atomic E-state index is 11.8. The fraction of sp³-hybridized carbons (Fsp3) is 0.462. The number of hydrogen-bond acceptors (Lipinski definition) is 2. The average Bonchev–Trinajstić information content (AvgIpc) is 2.24. The third-order valence-electron chi connectivity index (χ3n) is 2.01. The minimum atomic E-state index is -0.502. The molecule has 0 N–H and O–H groups in total. The van der Waals surface area contributed by atoms with Gasteiger partial charge < -0.3 is 4.74 Å². The number of carbonyl (C=O) groups excluding carboxylic acids is 1. The van der Waals surface area contributed by atoms with E-state index in [1.807, 2.05) is 51.1 Å². The van der Waals surface area contributed by atoms with Crippen molar-refractivity contribution in [1.29, 1.82) is 0 Å². The van der Waals surface area contributed by atoms with Crippen molar-refractivity contribution in [2.45, 2.75) is 32.9 Å². The third kappa shape index (κ3) is 5.09. The monoisotopic (exact) mass is 255 g/mol. The quantitative estimate of drug-likeness (QED) is 0.610. The Balaban J connectivity index is 2.63. The van der Waals surface area contributed by atoms with Gasteiger partial charge in [0.2, 0.25) is 0 Å².